The lowest BCUT2D eigenvalue weighted by Gasteiger charge is -2.35. The van der Waals surface area contributed by atoms with Crippen molar-refractivity contribution in [1.29, 1.82) is 0 Å². The van der Waals surface area contributed by atoms with E-state index in [1.165, 1.54) is 33.3 Å². The largest absolute Gasteiger partial charge is 0.285 e. The van der Waals surface area contributed by atoms with Gasteiger partial charge in [0.2, 0.25) is 0 Å². The Hall–Kier alpha value is -2.35. The highest BCUT2D eigenvalue weighted by Crippen LogP contribution is 2.58. The average Bonchev–Trinajstić information content (AvgIpc) is 3.20. The van der Waals surface area contributed by atoms with Crippen molar-refractivity contribution in [2.75, 3.05) is 13.1 Å². The monoisotopic (exact) mass is 452 g/mol. The summed E-state index contributed by atoms with van der Waals surface area (Å²) in [5.74, 6) is -0.622. The van der Waals surface area contributed by atoms with Crippen molar-refractivity contribution >= 4 is 62.5 Å². The summed E-state index contributed by atoms with van der Waals surface area (Å²) in [6, 6.07) is 20.1. The molecule has 0 N–H and O–H groups in total. The van der Waals surface area contributed by atoms with Gasteiger partial charge in [-0.1, -0.05) is 84.2 Å². The Morgan fingerprint density at radius 2 is 1.13 bits per heavy atom. The molecule has 2 aliphatic rings. The molecule has 2 aromatic carbocycles. The number of rotatable bonds is 4. The van der Waals surface area contributed by atoms with Crippen molar-refractivity contribution in [1.82, 2.24) is 9.80 Å². The predicted molar refractivity (Wildman–Crippen MR) is 129 cm³/mol. The lowest BCUT2D eigenvalue weighted by Crippen LogP contribution is -2.56. The van der Waals surface area contributed by atoms with Crippen molar-refractivity contribution in [3.05, 3.63) is 81.6 Å². The van der Waals surface area contributed by atoms with Gasteiger partial charge in [-0.05, 0) is 37.2 Å². The number of hydrogen-bond acceptors (Lipinski definition) is 5. The SMILES string of the molecule is CCN1C(=O)C(=C2SC(c3ccccc3)=C(c3ccccc3)S2)C(=O)N(CC)C1=S. The van der Waals surface area contributed by atoms with Gasteiger partial charge in [0, 0.05) is 22.9 Å². The van der Waals surface area contributed by atoms with Gasteiger partial charge in [-0.25, -0.2) is 0 Å². The molecule has 0 atom stereocenters. The van der Waals surface area contributed by atoms with Crippen molar-refractivity contribution in [2.24, 2.45) is 0 Å². The first-order valence-corrected chi connectivity index (χ1v) is 11.7. The molecular weight excluding hydrogens is 432 g/mol. The topological polar surface area (TPSA) is 40.6 Å². The van der Waals surface area contributed by atoms with Crippen molar-refractivity contribution in [2.45, 2.75) is 13.8 Å². The van der Waals surface area contributed by atoms with E-state index in [1.54, 1.807) is 0 Å². The van der Waals surface area contributed by atoms with Crippen LogP contribution in [0, 0.1) is 0 Å². The molecule has 1 saturated heterocycles. The van der Waals surface area contributed by atoms with Gasteiger partial charge in [-0.2, -0.15) is 0 Å². The highest BCUT2D eigenvalue weighted by atomic mass is 32.2. The van der Waals surface area contributed by atoms with E-state index in [0.29, 0.717) is 17.3 Å². The van der Waals surface area contributed by atoms with E-state index in [2.05, 4.69) is 24.3 Å². The molecule has 152 valence electrons. The molecule has 0 aromatic heterocycles. The molecule has 2 amide bonds. The molecule has 0 bridgehead atoms. The summed E-state index contributed by atoms with van der Waals surface area (Å²) in [6.07, 6.45) is 0. The Labute approximate surface area is 190 Å². The van der Waals surface area contributed by atoms with Gasteiger partial charge in [0.15, 0.2) is 5.11 Å². The molecule has 4 rings (SSSR count). The first-order valence-electron chi connectivity index (χ1n) is 9.69. The number of amides is 2. The smallest absolute Gasteiger partial charge is 0.267 e. The van der Waals surface area contributed by atoms with Gasteiger partial charge in [0.1, 0.15) is 5.57 Å². The first kappa shape index (κ1) is 20.9. The van der Waals surface area contributed by atoms with E-state index in [9.17, 15) is 9.59 Å². The number of thioether (sulfide) groups is 2. The Bertz CT molecular complexity index is 997. The fraction of sp³-hybridized carbons (Fsp3) is 0.174. The van der Waals surface area contributed by atoms with Crippen molar-refractivity contribution in [3.8, 4) is 0 Å². The second-order valence-electron chi connectivity index (χ2n) is 6.64. The zero-order valence-electron chi connectivity index (χ0n) is 16.6. The zero-order chi connectivity index (χ0) is 21.3. The van der Waals surface area contributed by atoms with Crippen LogP contribution in [0.3, 0.4) is 0 Å². The van der Waals surface area contributed by atoms with Crippen LogP contribution < -0.4 is 0 Å². The number of hydrogen-bond donors (Lipinski definition) is 0. The summed E-state index contributed by atoms with van der Waals surface area (Å²) in [5.41, 5.74) is 2.34. The number of carbonyl (C=O) groups excluding carboxylic acids is 2. The van der Waals surface area contributed by atoms with Gasteiger partial charge >= 0.3 is 0 Å². The van der Waals surface area contributed by atoms with Crippen LogP contribution >= 0.6 is 35.7 Å². The molecule has 1 fully saturated rings. The molecular formula is C23H20N2O2S3. The molecule has 2 heterocycles. The molecule has 7 heteroatoms. The van der Waals surface area contributed by atoms with Crippen LogP contribution in [0.25, 0.3) is 9.81 Å². The summed E-state index contributed by atoms with van der Waals surface area (Å²) in [5, 5.41) is 0.284. The predicted octanol–water partition coefficient (Wildman–Crippen LogP) is 5.20. The molecule has 4 nitrogen and oxygen atoms in total. The number of nitrogens with zero attached hydrogens (tertiary/aromatic N) is 2. The highest BCUT2D eigenvalue weighted by molar-refractivity contribution is 8.34. The van der Waals surface area contributed by atoms with Gasteiger partial charge in [-0.3, -0.25) is 19.4 Å². The Morgan fingerprint density at radius 3 is 1.50 bits per heavy atom. The minimum atomic E-state index is -0.311. The molecule has 30 heavy (non-hydrogen) atoms. The number of likely N-dealkylation sites (N-methyl/N-ethyl adjacent to an activating group) is 2. The fourth-order valence-corrected chi connectivity index (χ4v) is 6.57. The maximum absolute atomic E-state index is 13.2. The Balaban J connectivity index is 1.83. The minimum Gasteiger partial charge on any atom is -0.285 e. The third kappa shape index (κ3) is 3.62. The minimum absolute atomic E-state index is 0.210. The molecule has 0 aliphatic carbocycles. The van der Waals surface area contributed by atoms with Crippen LogP contribution in [0.2, 0.25) is 0 Å². The maximum atomic E-state index is 13.2. The second-order valence-corrected chi connectivity index (χ2v) is 9.30. The quantitative estimate of drug-likeness (QED) is 0.362. The summed E-state index contributed by atoms with van der Waals surface area (Å²) < 4.78 is 0.710. The summed E-state index contributed by atoms with van der Waals surface area (Å²) in [4.78, 5) is 31.5. The van der Waals surface area contributed by atoms with Crippen LogP contribution in [0.1, 0.15) is 25.0 Å². The van der Waals surface area contributed by atoms with Crippen LogP contribution in [0.15, 0.2) is 70.5 Å². The van der Waals surface area contributed by atoms with Crippen molar-refractivity contribution < 1.29 is 9.59 Å². The molecule has 0 radical (unpaired) electrons. The summed E-state index contributed by atoms with van der Waals surface area (Å²) >= 11 is 8.37. The normalized spacial score (nSPS) is 17.5. The van der Waals surface area contributed by atoms with E-state index in [1.807, 2.05) is 50.2 Å². The van der Waals surface area contributed by atoms with Crippen LogP contribution in [0.4, 0.5) is 0 Å². The summed E-state index contributed by atoms with van der Waals surface area (Å²) in [7, 11) is 0. The number of thiocarbonyl (C=S) groups is 1. The lowest BCUT2D eigenvalue weighted by molar-refractivity contribution is -0.133. The van der Waals surface area contributed by atoms with Crippen LogP contribution in [-0.2, 0) is 9.59 Å². The van der Waals surface area contributed by atoms with E-state index < -0.39 is 0 Å². The Morgan fingerprint density at radius 1 is 0.733 bits per heavy atom. The highest BCUT2D eigenvalue weighted by Gasteiger charge is 2.42. The third-order valence-electron chi connectivity index (χ3n) is 4.88. The molecule has 0 saturated carbocycles. The van der Waals surface area contributed by atoms with Gasteiger partial charge in [0.25, 0.3) is 11.8 Å². The average molecular weight is 453 g/mol. The first-order chi connectivity index (χ1) is 14.6. The molecule has 2 aromatic rings. The molecule has 0 unspecified atom stereocenters. The maximum Gasteiger partial charge on any atom is 0.267 e. The van der Waals surface area contributed by atoms with E-state index >= 15 is 0 Å². The van der Waals surface area contributed by atoms with E-state index in [4.69, 9.17) is 12.2 Å². The van der Waals surface area contributed by atoms with Crippen molar-refractivity contribution in [3.63, 3.8) is 0 Å². The molecule has 2 aliphatic heterocycles. The second kappa shape index (κ2) is 8.79. The third-order valence-corrected chi connectivity index (χ3v) is 8.02. The standard InChI is InChI=1S/C23H20N2O2S3/c1-3-24-20(26)17(21(27)25(4-2)23(24)28)22-29-18(15-11-7-5-8-12-15)19(30-22)16-13-9-6-10-14-16/h5-14H,3-4H2,1-2H3. The number of benzene rings is 2. The van der Waals surface area contributed by atoms with E-state index in [-0.39, 0.29) is 22.5 Å². The summed E-state index contributed by atoms with van der Waals surface area (Å²) in [6.45, 7) is 4.60. The zero-order valence-corrected chi connectivity index (χ0v) is 19.1. The van der Waals surface area contributed by atoms with Gasteiger partial charge in [0.05, 0.1) is 4.24 Å². The lowest BCUT2D eigenvalue weighted by atomic mass is 10.1. The van der Waals surface area contributed by atoms with Crippen LogP contribution in [0.5, 0.6) is 0 Å². The fourth-order valence-electron chi connectivity index (χ4n) is 3.37. The van der Waals surface area contributed by atoms with Gasteiger partial charge < -0.3 is 0 Å². The van der Waals surface area contributed by atoms with E-state index in [0.717, 1.165) is 20.9 Å². The molecule has 0 spiro atoms. The number of carbonyl (C=O) groups is 2. The Kier molecular flexibility index (Phi) is 6.13. The van der Waals surface area contributed by atoms with Crippen LogP contribution in [-0.4, -0.2) is 39.8 Å². The van der Waals surface area contributed by atoms with Gasteiger partial charge in [-0.15, -0.1) is 0 Å².